The minimum atomic E-state index is 0.777. The highest BCUT2D eigenvalue weighted by Crippen LogP contribution is 2.12. The lowest BCUT2D eigenvalue weighted by atomic mass is 10.1. The first-order valence-electron chi connectivity index (χ1n) is 3.77. The highest BCUT2D eigenvalue weighted by molar-refractivity contribution is 5.12. The Morgan fingerprint density at radius 1 is 1.40 bits per heavy atom. The van der Waals surface area contributed by atoms with Gasteiger partial charge < -0.3 is 0 Å². The summed E-state index contributed by atoms with van der Waals surface area (Å²) in [6, 6.07) is 0. The van der Waals surface area contributed by atoms with E-state index in [-0.39, 0.29) is 0 Å². The van der Waals surface area contributed by atoms with E-state index in [9.17, 15) is 0 Å². The number of rotatable bonds is 1. The molecule has 2 nitrogen and oxygen atoms in total. The molecule has 1 rings (SSSR count). The van der Waals surface area contributed by atoms with Crippen LogP contribution in [-0.4, -0.2) is 24.8 Å². The molecule has 10 heavy (non-hydrogen) atoms. The first-order chi connectivity index (χ1) is 4.74. The van der Waals surface area contributed by atoms with Crippen LogP contribution in [0.25, 0.3) is 0 Å². The molecule has 0 N–H and O–H groups in total. The van der Waals surface area contributed by atoms with Crippen molar-refractivity contribution >= 4 is 0 Å². The predicted octanol–water partition coefficient (Wildman–Crippen LogP) is 1.59. The Balaban J connectivity index is 2.54. The maximum Gasteiger partial charge on any atom is 0.0896 e. The topological polar surface area (TPSA) is 12.5 Å². The van der Waals surface area contributed by atoms with E-state index >= 15 is 0 Å². The lowest BCUT2D eigenvalue weighted by Gasteiger charge is -2.26. The summed E-state index contributed by atoms with van der Waals surface area (Å²) in [6.45, 7) is 9.13. The van der Waals surface area contributed by atoms with Gasteiger partial charge in [-0.25, -0.2) is 0 Å². The van der Waals surface area contributed by atoms with Crippen LogP contribution in [0.5, 0.6) is 0 Å². The van der Waals surface area contributed by atoms with Crippen molar-refractivity contribution in [2.75, 3.05) is 19.7 Å². The van der Waals surface area contributed by atoms with Gasteiger partial charge in [0.1, 0.15) is 0 Å². The third kappa shape index (κ3) is 1.58. The smallest absolute Gasteiger partial charge is 0.0896 e. The fraction of sp³-hybridized carbons (Fsp3) is 0.750. The molecule has 0 saturated carbocycles. The van der Waals surface area contributed by atoms with E-state index in [1.807, 2.05) is 5.06 Å². The third-order valence-electron chi connectivity index (χ3n) is 1.96. The second-order valence-corrected chi connectivity index (χ2v) is 2.79. The molecule has 0 aliphatic carbocycles. The number of likely N-dealkylation sites (N-methyl/N-ethyl adjacent to an activating group) is 1. The summed E-state index contributed by atoms with van der Waals surface area (Å²) in [4.78, 5) is 5.39. The molecule has 1 aliphatic heterocycles. The molecule has 0 fully saturated rings. The molecule has 0 spiro atoms. The molecule has 0 aromatic heterocycles. The predicted molar refractivity (Wildman–Crippen MR) is 41.6 cm³/mol. The normalized spacial score (nSPS) is 21.9. The Hall–Kier alpha value is -0.340. The van der Waals surface area contributed by atoms with Crippen molar-refractivity contribution < 1.29 is 4.84 Å². The van der Waals surface area contributed by atoms with Crippen molar-refractivity contribution in [2.45, 2.75) is 20.8 Å². The van der Waals surface area contributed by atoms with Crippen LogP contribution < -0.4 is 0 Å². The average molecular weight is 141 g/mol. The Kier molecular flexibility index (Phi) is 2.46. The lowest BCUT2D eigenvalue weighted by molar-refractivity contribution is -0.149. The summed E-state index contributed by atoms with van der Waals surface area (Å²) in [5.74, 6) is 0. The molecule has 0 saturated heterocycles. The van der Waals surface area contributed by atoms with Crippen molar-refractivity contribution in [2.24, 2.45) is 0 Å². The van der Waals surface area contributed by atoms with Crippen molar-refractivity contribution in [3.8, 4) is 0 Å². The van der Waals surface area contributed by atoms with Crippen LogP contribution in [-0.2, 0) is 4.84 Å². The minimum absolute atomic E-state index is 0.777. The lowest BCUT2D eigenvalue weighted by Crippen LogP contribution is -2.30. The number of hydrogen-bond donors (Lipinski definition) is 0. The zero-order valence-electron chi connectivity index (χ0n) is 6.98. The molecule has 1 heterocycles. The van der Waals surface area contributed by atoms with Crippen molar-refractivity contribution in [1.82, 2.24) is 5.06 Å². The average Bonchev–Trinajstić information content (AvgIpc) is 1.95. The molecule has 1 aliphatic rings. The highest BCUT2D eigenvalue weighted by Gasteiger charge is 2.11. The summed E-state index contributed by atoms with van der Waals surface area (Å²) in [5, 5.41) is 1.99. The molecule has 0 bridgehead atoms. The zero-order valence-corrected chi connectivity index (χ0v) is 6.98. The molecule has 0 atom stereocenters. The van der Waals surface area contributed by atoms with Crippen LogP contribution in [0.15, 0.2) is 11.1 Å². The van der Waals surface area contributed by atoms with E-state index in [0.717, 1.165) is 19.7 Å². The monoisotopic (exact) mass is 141 g/mol. The van der Waals surface area contributed by atoms with Gasteiger partial charge >= 0.3 is 0 Å². The summed E-state index contributed by atoms with van der Waals surface area (Å²) in [7, 11) is 0. The van der Waals surface area contributed by atoms with Gasteiger partial charge in [0.15, 0.2) is 0 Å². The number of nitrogens with zero attached hydrogens (tertiary/aromatic N) is 1. The zero-order chi connectivity index (χ0) is 7.56. The fourth-order valence-corrected chi connectivity index (χ4v) is 0.960. The fourth-order valence-electron chi connectivity index (χ4n) is 0.960. The molecule has 58 valence electrons. The maximum absolute atomic E-state index is 5.39. The largest absolute Gasteiger partial charge is 0.294 e. The van der Waals surface area contributed by atoms with Crippen LogP contribution in [0, 0.1) is 0 Å². The van der Waals surface area contributed by atoms with Crippen LogP contribution in [0.1, 0.15) is 20.8 Å². The van der Waals surface area contributed by atoms with E-state index in [0.29, 0.717) is 0 Å². The van der Waals surface area contributed by atoms with Gasteiger partial charge in [0.05, 0.1) is 6.61 Å². The standard InChI is InChI=1S/C8H15NO/c1-4-9-5-7(2)8(3)6-10-9/h4-6H2,1-3H3. The second-order valence-electron chi connectivity index (χ2n) is 2.79. The molecular formula is C8H15NO. The van der Waals surface area contributed by atoms with Gasteiger partial charge in [-0.3, -0.25) is 4.84 Å². The molecule has 0 aromatic rings. The molecule has 0 unspecified atom stereocenters. The van der Waals surface area contributed by atoms with Crippen molar-refractivity contribution in [1.29, 1.82) is 0 Å². The van der Waals surface area contributed by atoms with Gasteiger partial charge in [-0.05, 0) is 19.4 Å². The van der Waals surface area contributed by atoms with Gasteiger partial charge in [-0.15, -0.1) is 0 Å². The van der Waals surface area contributed by atoms with Crippen LogP contribution in [0.2, 0.25) is 0 Å². The van der Waals surface area contributed by atoms with Crippen LogP contribution >= 0.6 is 0 Å². The molecule has 0 radical (unpaired) electrons. The van der Waals surface area contributed by atoms with Gasteiger partial charge in [-0.2, -0.15) is 5.06 Å². The first kappa shape index (κ1) is 7.76. The van der Waals surface area contributed by atoms with E-state index in [1.165, 1.54) is 11.1 Å². The molecular weight excluding hydrogens is 126 g/mol. The number of hydrogen-bond acceptors (Lipinski definition) is 2. The Morgan fingerprint density at radius 3 is 2.60 bits per heavy atom. The van der Waals surface area contributed by atoms with Gasteiger partial charge in [0.2, 0.25) is 0 Å². The van der Waals surface area contributed by atoms with E-state index in [1.54, 1.807) is 0 Å². The Bertz CT molecular complexity index is 151. The molecule has 0 amide bonds. The maximum atomic E-state index is 5.39. The molecule has 2 heteroatoms. The van der Waals surface area contributed by atoms with E-state index in [2.05, 4.69) is 20.8 Å². The Labute approximate surface area is 62.4 Å². The van der Waals surface area contributed by atoms with Crippen molar-refractivity contribution in [3.05, 3.63) is 11.1 Å². The van der Waals surface area contributed by atoms with E-state index in [4.69, 9.17) is 4.84 Å². The van der Waals surface area contributed by atoms with Gasteiger partial charge in [-0.1, -0.05) is 12.5 Å². The quantitative estimate of drug-likeness (QED) is 0.514. The van der Waals surface area contributed by atoms with Gasteiger partial charge in [0, 0.05) is 13.1 Å². The number of hydroxylamine groups is 2. The van der Waals surface area contributed by atoms with Crippen LogP contribution in [0.4, 0.5) is 0 Å². The van der Waals surface area contributed by atoms with Gasteiger partial charge in [0.25, 0.3) is 0 Å². The summed E-state index contributed by atoms with van der Waals surface area (Å²) >= 11 is 0. The summed E-state index contributed by atoms with van der Waals surface area (Å²) in [5.41, 5.74) is 2.83. The molecule has 0 aromatic carbocycles. The highest BCUT2D eigenvalue weighted by atomic mass is 16.7. The first-order valence-corrected chi connectivity index (χ1v) is 3.77. The van der Waals surface area contributed by atoms with Crippen LogP contribution in [0.3, 0.4) is 0 Å². The second kappa shape index (κ2) is 3.17. The Morgan fingerprint density at radius 2 is 2.10 bits per heavy atom. The minimum Gasteiger partial charge on any atom is -0.294 e. The summed E-state index contributed by atoms with van der Waals surface area (Å²) < 4.78 is 0. The van der Waals surface area contributed by atoms with E-state index < -0.39 is 0 Å². The van der Waals surface area contributed by atoms with Crippen molar-refractivity contribution in [3.63, 3.8) is 0 Å². The SMILES string of the molecule is CCN1CC(C)=C(C)CO1. The summed E-state index contributed by atoms with van der Waals surface area (Å²) in [6.07, 6.45) is 0. The third-order valence-corrected chi connectivity index (χ3v) is 1.96.